The van der Waals surface area contributed by atoms with Crippen molar-refractivity contribution in [3.63, 3.8) is 0 Å². The number of halogens is 1. The molecule has 3 heteroatoms. The lowest BCUT2D eigenvalue weighted by Crippen LogP contribution is -2.18. The van der Waals surface area contributed by atoms with E-state index in [4.69, 9.17) is 9.47 Å². The van der Waals surface area contributed by atoms with Gasteiger partial charge in [0.15, 0.2) is 0 Å². The Balaban J connectivity index is 2.03. The van der Waals surface area contributed by atoms with Gasteiger partial charge in [-0.1, -0.05) is 12.1 Å². The molecule has 1 saturated heterocycles. The predicted octanol–water partition coefficient (Wildman–Crippen LogP) is 2.62. The van der Waals surface area contributed by atoms with Crippen molar-refractivity contribution in [1.82, 2.24) is 0 Å². The van der Waals surface area contributed by atoms with Gasteiger partial charge in [-0.25, -0.2) is 0 Å². The summed E-state index contributed by atoms with van der Waals surface area (Å²) < 4.78 is 11.8. The summed E-state index contributed by atoms with van der Waals surface area (Å²) in [6, 6.07) is 7.84. The number of rotatable bonds is 3. The summed E-state index contributed by atoms with van der Waals surface area (Å²) in [5, 5.41) is 0. The first-order valence-electron chi connectivity index (χ1n) is 4.30. The van der Waals surface area contributed by atoms with Crippen LogP contribution in [0.2, 0.25) is 0 Å². The van der Waals surface area contributed by atoms with Crippen molar-refractivity contribution in [1.29, 1.82) is 0 Å². The monoisotopic (exact) mass is 242 g/mol. The van der Waals surface area contributed by atoms with Crippen LogP contribution in [0.25, 0.3) is 0 Å². The third-order valence-electron chi connectivity index (χ3n) is 2.03. The maximum Gasteiger partial charge on any atom is 0.134 e. The lowest BCUT2D eigenvalue weighted by atomic mass is 10.3. The van der Waals surface area contributed by atoms with Gasteiger partial charge in [-0.2, -0.15) is 0 Å². The van der Waals surface area contributed by atoms with Crippen molar-refractivity contribution in [2.75, 3.05) is 6.61 Å². The molecule has 2 nitrogen and oxygen atoms in total. The molecule has 2 rings (SSSR count). The van der Waals surface area contributed by atoms with Crippen molar-refractivity contribution >= 4 is 15.9 Å². The van der Waals surface area contributed by atoms with Crippen LogP contribution in [-0.4, -0.2) is 18.8 Å². The quantitative estimate of drug-likeness (QED) is 0.761. The number of epoxide rings is 1. The lowest BCUT2D eigenvalue weighted by molar-refractivity contribution is 0.175. The second-order valence-corrected chi connectivity index (χ2v) is 3.98. The summed E-state index contributed by atoms with van der Waals surface area (Å²) in [6.45, 7) is 2.85. The summed E-state index contributed by atoms with van der Waals surface area (Å²) in [6.07, 6.45) is 0.422. The minimum absolute atomic E-state index is 0.138. The second kappa shape index (κ2) is 3.68. The van der Waals surface area contributed by atoms with Gasteiger partial charge in [0.05, 0.1) is 11.1 Å². The van der Waals surface area contributed by atoms with Crippen molar-refractivity contribution < 1.29 is 9.47 Å². The third-order valence-corrected chi connectivity index (χ3v) is 2.69. The Morgan fingerprint density at radius 2 is 2.23 bits per heavy atom. The average Bonchev–Trinajstić information content (AvgIpc) is 2.91. The zero-order valence-corrected chi connectivity index (χ0v) is 8.95. The van der Waals surface area contributed by atoms with Gasteiger partial charge in [-0.3, -0.25) is 0 Å². The fraction of sp³-hybridized carbons (Fsp3) is 0.400. The highest BCUT2D eigenvalue weighted by atomic mass is 79.9. The molecule has 0 unspecified atom stereocenters. The van der Waals surface area contributed by atoms with Crippen LogP contribution >= 0.6 is 15.9 Å². The molecule has 1 aromatic rings. The van der Waals surface area contributed by atoms with E-state index >= 15 is 0 Å². The van der Waals surface area contributed by atoms with E-state index in [1.165, 1.54) is 0 Å². The molecule has 1 aliphatic rings. The Labute approximate surface area is 86.0 Å². The first-order valence-corrected chi connectivity index (χ1v) is 5.09. The van der Waals surface area contributed by atoms with Crippen molar-refractivity contribution in [3.05, 3.63) is 28.7 Å². The van der Waals surface area contributed by atoms with Gasteiger partial charge in [0.25, 0.3) is 0 Å². The lowest BCUT2D eigenvalue weighted by Gasteiger charge is -2.13. The molecule has 0 bridgehead atoms. The molecule has 1 aliphatic heterocycles. The van der Waals surface area contributed by atoms with Crippen LogP contribution in [0.15, 0.2) is 28.7 Å². The van der Waals surface area contributed by atoms with Crippen LogP contribution in [0.3, 0.4) is 0 Å². The number of para-hydroxylation sites is 1. The molecule has 0 aliphatic carbocycles. The van der Waals surface area contributed by atoms with E-state index in [1.807, 2.05) is 31.2 Å². The largest absolute Gasteiger partial charge is 0.487 e. The molecule has 1 heterocycles. The highest BCUT2D eigenvalue weighted by Crippen LogP contribution is 2.27. The molecule has 0 N–H and O–H groups in total. The van der Waals surface area contributed by atoms with Crippen LogP contribution < -0.4 is 4.74 Å². The van der Waals surface area contributed by atoms with Crippen LogP contribution in [0, 0.1) is 0 Å². The second-order valence-electron chi connectivity index (χ2n) is 3.13. The van der Waals surface area contributed by atoms with Crippen LogP contribution in [0.5, 0.6) is 5.75 Å². The van der Waals surface area contributed by atoms with E-state index in [0.717, 1.165) is 16.8 Å². The molecular weight excluding hydrogens is 232 g/mol. The van der Waals surface area contributed by atoms with E-state index in [0.29, 0.717) is 0 Å². The minimum atomic E-state index is 0.138. The fourth-order valence-corrected chi connectivity index (χ4v) is 1.52. The molecule has 0 spiro atoms. The Morgan fingerprint density at radius 1 is 1.54 bits per heavy atom. The molecule has 0 saturated carbocycles. The molecule has 70 valence electrons. The van der Waals surface area contributed by atoms with Gasteiger partial charge >= 0.3 is 0 Å². The molecule has 2 atom stereocenters. The molecule has 13 heavy (non-hydrogen) atoms. The van der Waals surface area contributed by atoms with E-state index in [1.54, 1.807) is 0 Å². The summed E-state index contributed by atoms with van der Waals surface area (Å²) >= 11 is 3.43. The maximum atomic E-state index is 5.70. The zero-order valence-electron chi connectivity index (χ0n) is 7.37. The summed E-state index contributed by atoms with van der Waals surface area (Å²) in [5.41, 5.74) is 0. The highest BCUT2D eigenvalue weighted by molar-refractivity contribution is 9.10. The standard InChI is InChI=1S/C10H11BrO2/c1-7(10-6-12-10)13-9-5-3-2-4-8(9)11/h2-5,7,10H,6H2,1H3/t7-,10+/m1/s1. The van der Waals surface area contributed by atoms with Gasteiger partial charge in [-0.05, 0) is 35.0 Å². The van der Waals surface area contributed by atoms with Crippen LogP contribution in [-0.2, 0) is 4.74 Å². The summed E-state index contributed by atoms with van der Waals surface area (Å²) in [4.78, 5) is 0. The predicted molar refractivity (Wildman–Crippen MR) is 54.0 cm³/mol. The van der Waals surface area contributed by atoms with E-state index < -0.39 is 0 Å². The van der Waals surface area contributed by atoms with Gasteiger partial charge < -0.3 is 9.47 Å². The Bertz CT molecular complexity index is 297. The fourth-order valence-electron chi connectivity index (χ4n) is 1.14. The zero-order chi connectivity index (χ0) is 9.26. The first-order chi connectivity index (χ1) is 6.27. The van der Waals surface area contributed by atoms with Gasteiger partial charge in [0, 0.05) is 0 Å². The topological polar surface area (TPSA) is 21.8 Å². The molecular formula is C10H11BrO2. The minimum Gasteiger partial charge on any atom is -0.487 e. The Kier molecular flexibility index (Phi) is 2.56. The van der Waals surface area contributed by atoms with Crippen molar-refractivity contribution in [2.24, 2.45) is 0 Å². The number of benzene rings is 1. The molecule has 1 aromatic carbocycles. The SMILES string of the molecule is C[C@@H](Oc1ccccc1Br)[C@@H]1CO1. The smallest absolute Gasteiger partial charge is 0.134 e. The van der Waals surface area contributed by atoms with Crippen molar-refractivity contribution in [3.8, 4) is 5.75 Å². The Hall–Kier alpha value is -0.540. The maximum absolute atomic E-state index is 5.70. The van der Waals surface area contributed by atoms with Gasteiger partial charge in [-0.15, -0.1) is 0 Å². The summed E-state index contributed by atoms with van der Waals surface area (Å²) in [7, 11) is 0. The average molecular weight is 243 g/mol. The molecule has 0 amide bonds. The number of hydrogen-bond donors (Lipinski definition) is 0. The van der Waals surface area contributed by atoms with Crippen LogP contribution in [0.4, 0.5) is 0 Å². The molecule has 0 radical (unpaired) electrons. The van der Waals surface area contributed by atoms with E-state index in [-0.39, 0.29) is 12.2 Å². The van der Waals surface area contributed by atoms with Gasteiger partial charge in [0.1, 0.15) is 18.0 Å². The van der Waals surface area contributed by atoms with E-state index in [9.17, 15) is 0 Å². The number of hydrogen-bond acceptors (Lipinski definition) is 2. The van der Waals surface area contributed by atoms with Gasteiger partial charge in [0.2, 0.25) is 0 Å². The first kappa shape index (κ1) is 9.03. The normalized spacial score (nSPS) is 22.5. The molecule has 0 aromatic heterocycles. The van der Waals surface area contributed by atoms with Crippen LogP contribution in [0.1, 0.15) is 6.92 Å². The summed E-state index contributed by atoms with van der Waals surface area (Å²) in [5.74, 6) is 0.880. The van der Waals surface area contributed by atoms with Crippen molar-refractivity contribution in [2.45, 2.75) is 19.1 Å². The Morgan fingerprint density at radius 3 is 2.85 bits per heavy atom. The third kappa shape index (κ3) is 2.23. The molecule has 1 fully saturated rings. The highest BCUT2D eigenvalue weighted by Gasteiger charge is 2.31. The number of ether oxygens (including phenoxy) is 2. The van der Waals surface area contributed by atoms with E-state index in [2.05, 4.69) is 15.9 Å².